The molecule has 0 aliphatic heterocycles. The highest BCUT2D eigenvalue weighted by atomic mass is 35.5. The van der Waals surface area contributed by atoms with Gasteiger partial charge < -0.3 is 0 Å². The van der Waals surface area contributed by atoms with Gasteiger partial charge in [0.2, 0.25) is 0 Å². The molecule has 3 atom stereocenters. The first-order chi connectivity index (χ1) is 8.72. The fourth-order valence-electron chi connectivity index (χ4n) is 3.72. The highest BCUT2D eigenvalue weighted by Gasteiger charge is 2.55. The van der Waals surface area contributed by atoms with Crippen LogP contribution in [0, 0.1) is 23.6 Å². The van der Waals surface area contributed by atoms with Crippen LogP contribution in [-0.2, 0) is 6.42 Å². The van der Waals surface area contributed by atoms with E-state index in [0.29, 0.717) is 17.9 Å². The van der Waals surface area contributed by atoms with Crippen LogP contribution in [0.5, 0.6) is 0 Å². The number of benzene rings is 1. The summed E-state index contributed by atoms with van der Waals surface area (Å²) >= 11 is 5.80. The van der Waals surface area contributed by atoms with Crippen molar-refractivity contribution in [1.29, 1.82) is 0 Å². The maximum absolute atomic E-state index is 13.9. The summed E-state index contributed by atoms with van der Waals surface area (Å²) in [4.78, 5) is 0. The molecule has 0 spiro atoms. The Balaban J connectivity index is 1.72. The third-order valence-electron chi connectivity index (χ3n) is 4.62. The van der Waals surface area contributed by atoms with E-state index >= 15 is 0 Å². The summed E-state index contributed by atoms with van der Waals surface area (Å²) in [6.07, 6.45) is 4.59. The van der Waals surface area contributed by atoms with E-state index in [2.05, 4.69) is 5.43 Å². The van der Waals surface area contributed by atoms with Crippen LogP contribution >= 0.6 is 11.6 Å². The fraction of sp³-hybridized carbons (Fsp3) is 0.571. The lowest BCUT2D eigenvalue weighted by Gasteiger charge is -2.18. The molecule has 0 amide bonds. The molecule has 0 saturated heterocycles. The van der Waals surface area contributed by atoms with Gasteiger partial charge in [-0.3, -0.25) is 11.3 Å². The minimum atomic E-state index is -0.301. The van der Waals surface area contributed by atoms with Gasteiger partial charge in [0.05, 0.1) is 5.02 Å². The largest absolute Gasteiger partial charge is 0.271 e. The lowest BCUT2D eigenvalue weighted by Crippen LogP contribution is -2.39. The summed E-state index contributed by atoms with van der Waals surface area (Å²) in [5.74, 6) is 7.60. The normalized spacial score (nSPS) is 31.2. The lowest BCUT2D eigenvalue weighted by atomic mass is 9.97. The average molecular weight is 269 g/mol. The molecule has 2 nitrogen and oxygen atoms in total. The number of halogens is 2. The monoisotopic (exact) mass is 268 g/mol. The maximum atomic E-state index is 13.9. The second kappa shape index (κ2) is 4.80. The van der Waals surface area contributed by atoms with Gasteiger partial charge in [0.25, 0.3) is 0 Å². The number of fused-ring (bicyclic) bond motifs is 1. The summed E-state index contributed by atoms with van der Waals surface area (Å²) in [5.41, 5.74) is 3.54. The second-order valence-electron chi connectivity index (χ2n) is 5.53. The van der Waals surface area contributed by atoms with Gasteiger partial charge in [0.15, 0.2) is 0 Å². The molecule has 2 aliphatic rings. The van der Waals surface area contributed by atoms with Crippen molar-refractivity contribution in [2.75, 3.05) is 0 Å². The van der Waals surface area contributed by atoms with Gasteiger partial charge in [-0.1, -0.05) is 30.2 Å². The molecule has 3 unspecified atom stereocenters. The Hall–Kier alpha value is -0.640. The van der Waals surface area contributed by atoms with E-state index in [9.17, 15) is 4.39 Å². The van der Waals surface area contributed by atoms with Gasteiger partial charge in [0, 0.05) is 6.04 Å². The SMILES string of the molecule is NNC(Cc1cccc(Cl)c1F)C1C2CCCC21. The lowest BCUT2D eigenvalue weighted by molar-refractivity contribution is 0.405. The van der Waals surface area contributed by atoms with Crippen LogP contribution in [0.15, 0.2) is 18.2 Å². The summed E-state index contributed by atoms with van der Waals surface area (Å²) in [6, 6.07) is 5.34. The average Bonchev–Trinajstić information content (AvgIpc) is 2.84. The quantitative estimate of drug-likeness (QED) is 0.651. The second-order valence-corrected chi connectivity index (χ2v) is 5.93. The standard InChI is InChI=1S/C14H18ClFN2/c15-11-6-1-3-8(14(11)16)7-12(18-17)13-9-4-2-5-10(9)13/h1,3,6,9-10,12-13,18H,2,4-5,7,17H2. The highest BCUT2D eigenvalue weighted by molar-refractivity contribution is 6.30. The molecule has 1 aromatic carbocycles. The first-order valence-corrected chi connectivity index (χ1v) is 6.99. The van der Waals surface area contributed by atoms with E-state index < -0.39 is 0 Å². The van der Waals surface area contributed by atoms with Gasteiger partial charge >= 0.3 is 0 Å². The fourth-order valence-corrected chi connectivity index (χ4v) is 3.92. The zero-order valence-corrected chi connectivity index (χ0v) is 11.0. The maximum Gasteiger partial charge on any atom is 0.145 e. The van der Waals surface area contributed by atoms with Crippen LogP contribution in [0.2, 0.25) is 5.02 Å². The topological polar surface area (TPSA) is 38.0 Å². The summed E-state index contributed by atoms with van der Waals surface area (Å²) in [6.45, 7) is 0. The molecule has 2 saturated carbocycles. The molecule has 3 rings (SSSR count). The minimum absolute atomic E-state index is 0.174. The Morgan fingerprint density at radius 1 is 1.39 bits per heavy atom. The summed E-state index contributed by atoms with van der Waals surface area (Å²) in [5, 5.41) is 0.194. The number of rotatable bonds is 4. The molecule has 2 aliphatic carbocycles. The van der Waals surface area contributed by atoms with Crippen molar-refractivity contribution < 1.29 is 4.39 Å². The van der Waals surface area contributed by atoms with Crippen molar-refractivity contribution in [2.24, 2.45) is 23.6 Å². The molecule has 98 valence electrons. The van der Waals surface area contributed by atoms with E-state index in [0.717, 1.165) is 11.8 Å². The molecular formula is C14H18ClFN2. The summed E-state index contributed by atoms with van der Waals surface area (Å²) < 4.78 is 13.9. The molecule has 0 heterocycles. The number of hydrogen-bond acceptors (Lipinski definition) is 2. The molecule has 2 fully saturated rings. The van der Waals surface area contributed by atoms with Crippen molar-refractivity contribution >= 4 is 11.6 Å². The smallest absolute Gasteiger partial charge is 0.145 e. The van der Waals surface area contributed by atoms with Gasteiger partial charge in [-0.15, -0.1) is 0 Å². The summed E-state index contributed by atoms with van der Waals surface area (Å²) in [7, 11) is 0. The zero-order valence-electron chi connectivity index (χ0n) is 10.2. The van der Waals surface area contributed by atoms with Gasteiger partial charge in [-0.25, -0.2) is 4.39 Å². The number of nitrogens with one attached hydrogen (secondary N) is 1. The van der Waals surface area contributed by atoms with Gasteiger partial charge in [-0.2, -0.15) is 0 Å². The third-order valence-corrected chi connectivity index (χ3v) is 4.91. The third kappa shape index (κ3) is 2.04. The van der Waals surface area contributed by atoms with Crippen LogP contribution < -0.4 is 11.3 Å². The Kier molecular flexibility index (Phi) is 3.31. The van der Waals surface area contributed by atoms with E-state index in [1.807, 2.05) is 0 Å². The number of hydrazine groups is 1. The van der Waals surface area contributed by atoms with Crippen molar-refractivity contribution in [3.8, 4) is 0 Å². The Morgan fingerprint density at radius 3 is 2.78 bits per heavy atom. The molecule has 3 N–H and O–H groups in total. The van der Waals surface area contributed by atoms with Crippen molar-refractivity contribution in [1.82, 2.24) is 5.43 Å². The zero-order chi connectivity index (χ0) is 12.7. The number of nitrogens with two attached hydrogens (primary N) is 1. The van der Waals surface area contributed by atoms with E-state index in [1.165, 1.54) is 19.3 Å². The van der Waals surface area contributed by atoms with Crippen molar-refractivity contribution in [3.05, 3.63) is 34.6 Å². The Labute approximate surface area is 112 Å². The minimum Gasteiger partial charge on any atom is -0.271 e. The van der Waals surface area contributed by atoms with Crippen LogP contribution in [-0.4, -0.2) is 6.04 Å². The molecular weight excluding hydrogens is 251 g/mol. The highest BCUT2D eigenvalue weighted by Crippen LogP contribution is 2.59. The molecule has 0 bridgehead atoms. The Bertz CT molecular complexity index is 441. The van der Waals surface area contributed by atoms with E-state index in [4.69, 9.17) is 17.4 Å². The van der Waals surface area contributed by atoms with Crippen LogP contribution in [0.3, 0.4) is 0 Å². The van der Waals surface area contributed by atoms with Crippen molar-refractivity contribution in [3.63, 3.8) is 0 Å². The van der Waals surface area contributed by atoms with Gasteiger partial charge in [-0.05, 0) is 48.6 Å². The van der Waals surface area contributed by atoms with Crippen LogP contribution in [0.25, 0.3) is 0 Å². The van der Waals surface area contributed by atoms with Crippen LogP contribution in [0.4, 0.5) is 4.39 Å². The van der Waals surface area contributed by atoms with Gasteiger partial charge in [0.1, 0.15) is 5.82 Å². The Morgan fingerprint density at radius 2 is 2.11 bits per heavy atom. The van der Waals surface area contributed by atoms with E-state index in [1.54, 1.807) is 18.2 Å². The molecule has 1 aromatic rings. The first-order valence-electron chi connectivity index (χ1n) is 6.61. The predicted molar refractivity (Wildman–Crippen MR) is 70.5 cm³/mol. The molecule has 18 heavy (non-hydrogen) atoms. The van der Waals surface area contributed by atoms with E-state index in [-0.39, 0.29) is 16.9 Å². The van der Waals surface area contributed by atoms with Crippen molar-refractivity contribution in [2.45, 2.75) is 31.7 Å². The molecule has 0 radical (unpaired) electrons. The molecule has 0 aromatic heterocycles. The first kappa shape index (κ1) is 12.4. The van der Waals surface area contributed by atoms with Crippen LogP contribution in [0.1, 0.15) is 24.8 Å². The molecule has 4 heteroatoms. The predicted octanol–water partition coefficient (Wildman–Crippen LogP) is 2.90. The number of hydrogen-bond donors (Lipinski definition) is 2.